The highest BCUT2D eigenvalue weighted by atomic mass is 16.5. The number of likely N-dealkylation sites (tertiary alicyclic amines) is 1. The topological polar surface area (TPSA) is 106 Å². The highest BCUT2D eigenvalue weighted by Gasteiger charge is 2.47. The molecule has 3 aromatic rings. The number of ketones is 1. The van der Waals surface area contributed by atoms with Gasteiger partial charge < -0.3 is 19.5 Å². The third-order valence-electron chi connectivity index (χ3n) is 5.69. The van der Waals surface area contributed by atoms with E-state index in [0.717, 1.165) is 0 Å². The Morgan fingerprint density at radius 2 is 1.74 bits per heavy atom. The Balaban J connectivity index is 1.77. The number of carbonyl (C=O) groups is 3. The molecule has 0 radical (unpaired) electrons. The lowest BCUT2D eigenvalue weighted by molar-refractivity contribution is -0.140. The van der Waals surface area contributed by atoms with E-state index in [0.29, 0.717) is 28.1 Å². The Labute approximate surface area is 202 Å². The fourth-order valence-electron chi connectivity index (χ4n) is 4.03. The SMILES string of the molecule is CCOC(=O)c1ccc(CN2C(=O)C(=O)/C(=C(/O)c3ccccc3OC)C2c2ccccn2)cc1. The second-order valence-electron chi connectivity index (χ2n) is 7.80. The van der Waals surface area contributed by atoms with E-state index >= 15 is 0 Å². The van der Waals surface area contributed by atoms with Gasteiger partial charge in [-0.15, -0.1) is 0 Å². The number of hydrogen-bond donors (Lipinski definition) is 1. The van der Waals surface area contributed by atoms with Crippen molar-refractivity contribution in [3.63, 3.8) is 0 Å². The van der Waals surface area contributed by atoms with E-state index in [2.05, 4.69) is 4.98 Å². The van der Waals surface area contributed by atoms with Gasteiger partial charge in [-0.3, -0.25) is 14.6 Å². The van der Waals surface area contributed by atoms with Crippen molar-refractivity contribution in [1.82, 2.24) is 9.88 Å². The third kappa shape index (κ3) is 4.63. The molecule has 1 fully saturated rings. The summed E-state index contributed by atoms with van der Waals surface area (Å²) in [5.41, 5.74) is 1.74. The number of nitrogens with zero attached hydrogens (tertiary/aromatic N) is 2. The molecule has 0 saturated carbocycles. The minimum Gasteiger partial charge on any atom is -0.507 e. The average Bonchev–Trinajstić information content (AvgIpc) is 3.14. The molecule has 2 aromatic carbocycles. The second-order valence-corrected chi connectivity index (χ2v) is 7.80. The summed E-state index contributed by atoms with van der Waals surface area (Å²) in [6, 6.07) is 17.6. The molecular formula is C27H24N2O6. The fraction of sp³-hybridized carbons (Fsp3) is 0.185. The molecule has 0 bridgehead atoms. The molecule has 35 heavy (non-hydrogen) atoms. The van der Waals surface area contributed by atoms with Crippen LogP contribution in [0.4, 0.5) is 0 Å². The van der Waals surface area contributed by atoms with Gasteiger partial charge >= 0.3 is 5.97 Å². The molecule has 2 heterocycles. The Morgan fingerprint density at radius 1 is 1.03 bits per heavy atom. The lowest BCUT2D eigenvalue weighted by atomic mass is 9.97. The van der Waals surface area contributed by atoms with Crippen molar-refractivity contribution in [3.05, 3.63) is 101 Å². The summed E-state index contributed by atoms with van der Waals surface area (Å²) in [5.74, 6) is -1.98. The van der Waals surface area contributed by atoms with Crippen LogP contribution in [-0.4, -0.2) is 46.4 Å². The Morgan fingerprint density at radius 3 is 2.40 bits per heavy atom. The molecule has 1 amide bonds. The molecule has 1 N–H and O–H groups in total. The van der Waals surface area contributed by atoms with Gasteiger partial charge in [0, 0.05) is 12.7 Å². The summed E-state index contributed by atoms with van der Waals surface area (Å²) >= 11 is 0. The molecule has 1 aliphatic heterocycles. The number of Topliss-reactive ketones (excluding diaryl/α,β-unsaturated/α-hetero) is 1. The first kappa shape index (κ1) is 23.7. The minimum absolute atomic E-state index is 0.0671. The first-order valence-corrected chi connectivity index (χ1v) is 11.0. The number of esters is 1. The number of amides is 1. The number of methoxy groups -OCH3 is 1. The number of aliphatic hydroxyl groups is 1. The van der Waals surface area contributed by atoms with Crippen LogP contribution in [0.2, 0.25) is 0 Å². The van der Waals surface area contributed by atoms with Gasteiger partial charge in [0.1, 0.15) is 17.6 Å². The zero-order valence-electron chi connectivity index (χ0n) is 19.3. The van der Waals surface area contributed by atoms with Crippen molar-refractivity contribution in [2.45, 2.75) is 19.5 Å². The van der Waals surface area contributed by atoms with E-state index in [-0.39, 0.29) is 24.5 Å². The standard InChI is InChI=1S/C27H24N2O6/c1-3-35-27(33)18-13-11-17(12-14-18)16-29-23(20-9-6-7-15-28-20)22(25(31)26(29)32)24(30)19-8-4-5-10-21(19)34-2/h4-15,23,30H,3,16H2,1-2H3/b24-22+. The predicted molar refractivity (Wildman–Crippen MR) is 127 cm³/mol. The molecule has 1 aromatic heterocycles. The van der Waals surface area contributed by atoms with Crippen LogP contribution in [0, 0.1) is 0 Å². The first-order valence-electron chi connectivity index (χ1n) is 11.0. The van der Waals surface area contributed by atoms with Crippen molar-refractivity contribution in [3.8, 4) is 5.75 Å². The van der Waals surface area contributed by atoms with Gasteiger partial charge in [0.2, 0.25) is 0 Å². The maximum absolute atomic E-state index is 13.2. The van der Waals surface area contributed by atoms with Crippen LogP contribution in [0.15, 0.2) is 78.5 Å². The predicted octanol–water partition coefficient (Wildman–Crippen LogP) is 3.89. The van der Waals surface area contributed by atoms with Gasteiger partial charge in [-0.25, -0.2) is 4.79 Å². The number of aromatic nitrogens is 1. The summed E-state index contributed by atoms with van der Waals surface area (Å²) in [6.45, 7) is 2.06. The van der Waals surface area contributed by atoms with Crippen molar-refractivity contribution in [2.75, 3.05) is 13.7 Å². The molecule has 1 aliphatic rings. The monoisotopic (exact) mass is 472 g/mol. The van der Waals surface area contributed by atoms with Gasteiger partial charge in [0.25, 0.3) is 11.7 Å². The van der Waals surface area contributed by atoms with E-state index in [4.69, 9.17) is 9.47 Å². The first-order chi connectivity index (χ1) is 17.0. The highest BCUT2D eigenvalue weighted by Crippen LogP contribution is 2.40. The molecule has 8 heteroatoms. The van der Waals surface area contributed by atoms with Crippen LogP contribution in [0.25, 0.3) is 5.76 Å². The van der Waals surface area contributed by atoms with E-state index in [1.807, 2.05) is 0 Å². The van der Waals surface area contributed by atoms with Gasteiger partial charge in [0.05, 0.1) is 36.1 Å². The molecule has 1 atom stereocenters. The zero-order valence-corrected chi connectivity index (χ0v) is 19.3. The van der Waals surface area contributed by atoms with E-state index in [9.17, 15) is 19.5 Å². The van der Waals surface area contributed by atoms with Crippen molar-refractivity contribution >= 4 is 23.4 Å². The summed E-state index contributed by atoms with van der Waals surface area (Å²) in [7, 11) is 1.46. The zero-order chi connectivity index (χ0) is 24.9. The van der Waals surface area contributed by atoms with Gasteiger partial charge in [-0.1, -0.05) is 30.3 Å². The number of carbonyl (C=O) groups excluding carboxylic acids is 3. The maximum Gasteiger partial charge on any atom is 0.338 e. The molecule has 0 spiro atoms. The lowest BCUT2D eigenvalue weighted by Crippen LogP contribution is -2.29. The van der Waals surface area contributed by atoms with Crippen LogP contribution in [-0.2, 0) is 20.9 Å². The molecule has 8 nitrogen and oxygen atoms in total. The van der Waals surface area contributed by atoms with E-state index in [1.54, 1.807) is 79.9 Å². The number of rotatable bonds is 7. The molecule has 1 saturated heterocycles. The third-order valence-corrected chi connectivity index (χ3v) is 5.69. The highest BCUT2D eigenvalue weighted by molar-refractivity contribution is 6.46. The Kier molecular flexibility index (Phi) is 6.91. The van der Waals surface area contributed by atoms with Crippen molar-refractivity contribution in [1.29, 1.82) is 0 Å². The van der Waals surface area contributed by atoms with Crippen LogP contribution in [0.3, 0.4) is 0 Å². The van der Waals surface area contributed by atoms with Crippen LogP contribution >= 0.6 is 0 Å². The number of pyridine rings is 1. The molecule has 0 aliphatic carbocycles. The van der Waals surface area contributed by atoms with E-state index in [1.165, 1.54) is 12.0 Å². The molecular weight excluding hydrogens is 448 g/mol. The Hall–Kier alpha value is -4.46. The summed E-state index contributed by atoms with van der Waals surface area (Å²) in [5, 5.41) is 11.2. The second kappa shape index (κ2) is 10.2. The quantitative estimate of drug-likeness (QED) is 0.241. The molecule has 4 rings (SSSR count). The normalized spacial score (nSPS) is 16.9. The van der Waals surface area contributed by atoms with Crippen molar-refractivity contribution < 1.29 is 29.0 Å². The molecule has 178 valence electrons. The molecule has 1 unspecified atom stereocenters. The maximum atomic E-state index is 13.2. The average molecular weight is 472 g/mol. The Bertz CT molecular complexity index is 1280. The van der Waals surface area contributed by atoms with E-state index < -0.39 is 23.7 Å². The lowest BCUT2D eigenvalue weighted by Gasteiger charge is -2.24. The van der Waals surface area contributed by atoms with Crippen LogP contribution in [0.1, 0.15) is 40.1 Å². The smallest absolute Gasteiger partial charge is 0.338 e. The summed E-state index contributed by atoms with van der Waals surface area (Å²) in [4.78, 5) is 44.0. The van der Waals surface area contributed by atoms with Crippen LogP contribution in [0.5, 0.6) is 5.75 Å². The number of benzene rings is 2. The summed E-state index contributed by atoms with van der Waals surface area (Å²) < 4.78 is 10.4. The van der Waals surface area contributed by atoms with Gasteiger partial charge in [-0.05, 0) is 48.9 Å². The van der Waals surface area contributed by atoms with Crippen molar-refractivity contribution in [2.24, 2.45) is 0 Å². The number of hydrogen-bond acceptors (Lipinski definition) is 7. The fourth-order valence-corrected chi connectivity index (χ4v) is 4.03. The van der Waals surface area contributed by atoms with Crippen LogP contribution < -0.4 is 4.74 Å². The number of aliphatic hydroxyl groups excluding tert-OH is 1. The minimum atomic E-state index is -0.911. The largest absolute Gasteiger partial charge is 0.507 e. The number of ether oxygens (including phenoxy) is 2. The summed E-state index contributed by atoms with van der Waals surface area (Å²) in [6.07, 6.45) is 1.56. The van der Waals surface area contributed by atoms with Gasteiger partial charge in [-0.2, -0.15) is 0 Å². The van der Waals surface area contributed by atoms with Gasteiger partial charge in [0.15, 0.2) is 0 Å². The number of para-hydroxylation sites is 1.